The number of hydrogen-bond acceptors (Lipinski definition) is 4. The summed E-state index contributed by atoms with van der Waals surface area (Å²) in [6, 6.07) is 0. The Kier molecular flexibility index (Phi) is 26.9. The van der Waals surface area contributed by atoms with Crippen molar-refractivity contribution in [2.75, 3.05) is 26.2 Å². The lowest BCUT2D eigenvalue weighted by molar-refractivity contribution is -0.929. The molecule has 0 heterocycles. The number of hydrogen-bond donors (Lipinski definition) is 2. The van der Waals surface area contributed by atoms with Crippen LogP contribution in [0.5, 0.6) is 0 Å². The first kappa shape index (κ1) is 39.1. The van der Waals surface area contributed by atoms with Gasteiger partial charge in [0.15, 0.2) is 0 Å². The van der Waals surface area contributed by atoms with Crippen LogP contribution in [0, 0.1) is 0 Å². The van der Waals surface area contributed by atoms with Gasteiger partial charge in [-0.3, -0.25) is 9.59 Å². The number of carbonyl (C=O) groups is 3. The first-order chi connectivity index (χ1) is 19.8. The molecule has 7 nitrogen and oxygen atoms in total. The minimum Gasteiger partial charge on any atom is -0.550 e. The summed E-state index contributed by atoms with van der Waals surface area (Å²) in [6.07, 6.45) is 28.5. The van der Waals surface area contributed by atoms with E-state index in [0.717, 1.165) is 56.3 Å². The molecular weight excluding hydrogens is 518 g/mol. The smallest absolute Gasteiger partial charge is 0.303 e. The van der Waals surface area contributed by atoms with Crippen molar-refractivity contribution < 1.29 is 34.2 Å². The maximum absolute atomic E-state index is 11.0. The van der Waals surface area contributed by atoms with Gasteiger partial charge in [0.2, 0.25) is 0 Å². The van der Waals surface area contributed by atoms with E-state index in [2.05, 4.69) is 19.1 Å². The molecule has 0 rings (SSSR count). The van der Waals surface area contributed by atoms with Crippen molar-refractivity contribution in [2.24, 2.45) is 0 Å². The van der Waals surface area contributed by atoms with E-state index in [1.807, 2.05) is 0 Å². The quantitative estimate of drug-likeness (QED) is 0.0479. The van der Waals surface area contributed by atoms with Gasteiger partial charge in [-0.05, 0) is 83.5 Å². The molecule has 240 valence electrons. The molecule has 0 saturated heterocycles. The predicted octanol–water partition coefficient (Wildman–Crippen LogP) is 7.66. The van der Waals surface area contributed by atoms with Crippen LogP contribution in [-0.2, 0) is 14.4 Å². The Morgan fingerprint density at radius 2 is 0.854 bits per heavy atom. The summed E-state index contributed by atoms with van der Waals surface area (Å²) in [6.45, 7) is 5.86. The highest BCUT2D eigenvalue weighted by atomic mass is 16.4. The van der Waals surface area contributed by atoms with Crippen molar-refractivity contribution in [3.63, 3.8) is 0 Å². The van der Waals surface area contributed by atoms with Crippen LogP contribution in [0.2, 0.25) is 0 Å². The van der Waals surface area contributed by atoms with Crippen molar-refractivity contribution in [1.82, 2.24) is 0 Å². The van der Waals surface area contributed by atoms with Gasteiger partial charge in [0.1, 0.15) is 0 Å². The van der Waals surface area contributed by atoms with Crippen LogP contribution in [0.4, 0.5) is 0 Å². The van der Waals surface area contributed by atoms with Gasteiger partial charge in [-0.2, -0.15) is 0 Å². The SMILES string of the molecule is CCCCC/C=C/CCCCCCCCCCCC[N+](CCCCC(=O)[O-])(CCCCC(=O)O)CCCCC(=O)O. The van der Waals surface area contributed by atoms with Gasteiger partial charge in [0.05, 0.1) is 26.2 Å². The van der Waals surface area contributed by atoms with E-state index in [4.69, 9.17) is 10.2 Å². The number of carboxylic acids is 3. The van der Waals surface area contributed by atoms with Crippen molar-refractivity contribution in [3.05, 3.63) is 12.2 Å². The Morgan fingerprint density at radius 1 is 0.512 bits per heavy atom. The molecule has 2 N–H and O–H groups in total. The summed E-state index contributed by atoms with van der Waals surface area (Å²) in [5, 5.41) is 29.0. The first-order valence-electron chi connectivity index (χ1n) is 16.9. The van der Waals surface area contributed by atoms with E-state index in [1.54, 1.807) is 0 Å². The summed E-state index contributed by atoms with van der Waals surface area (Å²) in [7, 11) is 0. The van der Waals surface area contributed by atoms with Crippen molar-refractivity contribution in [3.8, 4) is 0 Å². The summed E-state index contributed by atoms with van der Waals surface area (Å²) < 4.78 is 0.847. The fourth-order valence-electron chi connectivity index (χ4n) is 5.71. The lowest BCUT2D eigenvalue weighted by Crippen LogP contribution is -2.51. The molecule has 0 aromatic rings. The van der Waals surface area contributed by atoms with E-state index >= 15 is 0 Å². The third-order valence-corrected chi connectivity index (χ3v) is 8.20. The second-order valence-electron chi connectivity index (χ2n) is 12.1. The molecule has 0 aromatic heterocycles. The molecule has 7 heteroatoms. The van der Waals surface area contributed by atoms with Gasteiger partial charge in [-0.1, -0.05) is 76.9 Å². The molecule has 0 spiro atoms. The molecule has 0 unspecified atom stereocenters. The van der Waals surface area contributed by atoms with Gasteiger partial charge in [-0.25, -0.2) is 0 Å². The van der Waals surface area contributed by atoms with Crippen LogP contribution in [-0.4, -0.2) is 58.8 Å². The fourth-order valence-corrected chi connectivity index (χ4v) is 5.71. The third-order valence-electron chi connectivity index (χ3n) is 8.20. The fraction of sp³-hybridized carbons (Fsp3) is 0.853. The molecule has 0 bridgehead atoms. The van der Waals surface area contributed by atoms with Gasteiger partial charge < -0.3 is 24.6 Å². The minimum atomic E-state index is -1.02. The van der Waals surface area contributed by atoms with Crippen LogP contribution in [0.25, 0.3) is 0 Å². The van der Waals surface area contributed by atoms with E-state index in [1.165, 1.54) is 89.9 Å². The number of rotatable bonds is 32. The maximum atomic E-state index is 11.0. The number of unbranched alkanes of at least 4 members (excludes halogenated alkanes) is 16. The maximum Gasteiger partial charge on any atom is 0.303 e. The van der Waals surface area contributed by atoms with Crippen LogP contribution >= 0.6 is 0 Å². The molecule has 0 aromatic carbocycles. The van der Waals surface area contributed by atoms with E-state index in [9.17, 15) is 19.5 Å². The topological polar surface area (TPSA) is 115 Å². The zero-order valence-corrected chi connectivity index (χ0v) is 26.4. The molecule has 0 aliphatic heterocycles. The molecule has 0 saturated carbocycles. The van der Waals surface area contributed by atoms with Crippen molar-refractivity contribution in [1.29, 1.82) is 0 Å². The van der Waals surface area contributed by atoms with Crippen LogP contribution in [0.15, 0.2) is 12.2 Å². The Hall–Kier alpha value is -1.89. The molecule has 41 heavy (non-hydrogen) atoms. The Morgan fingerprint density at radius 3 is 1.24 bits per heavy atom. The summed E-state index contributed by atoms with van der Waals surface area (Å²) >= 11 is 0. The Labute approximate surface area is 251 Å². The zero-order chi connectivity index (χ0) is 30.4. The minimum absolute atomic E-state index is 0.0637. The first-order valence-corrected chi connectivity index (χ1v) is 16.9. The number of carboxylic acid groups (broad SMARTS) is 3. The third kappa shape index (κ3) is 28.0. The molecule has 0 fully saturated rings. The van der Waals surface area contributed by atoms with Crippen molar-refractivity contribution >= 4 is 17.9 Å². The largest absolute Gasteiger partial charge is 0.550 e. The van der Waals surface area contributed by atoms with Crippen molar-refractivity contribution in [2.45, 2.75) is 161 Å². The monoisotopic (exact) mass is 581 g/mol. The number of carbonyl (C=O) groups excluding carboxylic acids is 1. The summed E-state index contributed by atoms with van der Waals surface area (Å²) in [5.74, 6) is -2.57. The lowest BCUT2D eigenvalue weighted by atomic mass is 10.0. The predicted molar refractivity (Wildman–Crippen MR) is 166 cm³/mol. The highest BCUT2D eigenvalue weighted by molar-refractivity contribution is 5.66. The molecule has 0 atom stereocenters. The van der Waals surface area contributed by atoms with Gasteiger partial charge >= 0.3 is 11.9 Å². The molecule has 0 aliphatic rings. The number of allylic oxidation sites excluding steroid dienone is 2. The highest BCUT2D eigenvalue weighted by Crippen LogP contribution is 2.20. The molecule has 0 aliphatic carbocycles. The standard InChI is InChI=1S/C34H63NO6/c1-2-3-4-5-6-7-8-9-10-11-12-13-14-15-16-17-21-28-35(29-22-18-25-32(36)37,30-23-19-26-33(38)39)31-24-20-27-34(40)41/h6-7H,2-5,8-31H2,1H3,(H2-,36,37,38,39,40,41)/b7-6+. The summed E-state index contributed by atoms with van der Waals surface area (Å²) in [5.41, 5.74) is 0. The van der Waals surface area contributed by atoms with Crippen LogP contribution in [0.1, 0.15) is 161 Å². The average molecular weight is 582 g/mol. The van der Waals surface area contributed by atoms with Gasteiger partial charge in [0, 0.05) is 18.8 Å². The zero-order valence-electron chi connectivity index (χ0n) is 26.4. The normalized spacial score (nSPS) is 11.8. The number of nitrogens with zero attached hydrogens (tertiary/aromatic N) is 1. The number of quaternary nitrogens is 1. The average Bonchev–Trinajstić information content (AvgIpc) is 2.93. The van der Waals surface area contributed by atoms with E-state index < -0.39 is 17.9 Å². The van der Waals surface area contributed by atoms with E-state index in [-0.39, 0.29) is 19.3 Å². The van der Waals surface area contributed by atoms with E-state index in [0.29, 0.717) is 19.3 Å². The Balaban J connectivity index is 4.38. The lowest BCUT2D eigenvalue weighted by Gasteiger charge is -2.39. The molecule has 0 amide bonds. The summed E-state index contributed by atoms with van der Waals surface area (Å²) in [4.78, 5) is 32.9. The molecule has 0 radical (unpaired) electrons. The van der Waals surface area contributed by atoms with Gasteiger partial charge in [-0.15, -0.1) is 0 Å². The second kappa shape index (κ2) is 28.2. The second-order valence-corrected chi connectivity index (χ2v) is 12.1. The molecular formula is C34H63NO6. The Bertz CT molecular complexity index is 623. The van der Waals surface area contributed by atoms with Crippen LogP contribution < -0.4 is 5.11 Å². The van der Waals surface area contributed by atoms with Crippen LogP contribution in [0.3, 0.4) is 0 Å². The van der Waals surface area contributed by atoms with Gasteiger partial charge in [0.25, 0.3) is 0 Å². The highest BCUT2D eigenvalue weighted by Gasteiger charge is 2.26. The number of aliphatic carboxylic acids is 3.